The van der Waals surface area contributed by atoms with Gasteiger partial charge in [0.2, 0.25) is 0 Å². The molecule has 0 saturated carbocycles. The van der Waals surface area contributed by atoms with Gasteiger partial charge in [0.15, 0.2) is 5.60 Å². The minimum Gasteiger partial charge on any atom is -0.497 e. The summed E-state index contributed by atoms with van der Waals surface area (Å²) in [4.78, 5) is 30.0. The number of para-hydroxylation sites is 1. The summed E-state index contributed by atoms with van der Waals surface area (Å²) >= 11 is 0. The van der Waals surface area contributed by atoms with Gasteiger partial charge >= 0.3 is 0 Å². The molecule has 0 radical (unpaired) electrons. The summed E-state index contributed by atoms with van der Waals surface area (Å²) in [5.74, 6) is 0.325. The van der Waals surface area contributed by atoms with Crippen LogP contribution in [0.15, 0.2) is 103 Å². The maximum atomic E-state index is 15.1. The summed E-state index contributed by atoms with van der Waals surface area (Å²) in [6.45, 7) is 7.79. The average molecular weight is 731 g/mol. The first kappa shape index (κ1) is 36.1. The van der Waals surface area contributed by atoms with Crippen LogP contribution in [-0.4, -0.2) is 59.8 Å². The maximum Gasteiger partial charge on any atom is 0.264 e. The number of hydrogen-bond acceptors (Lipinski definition) is 8. The van der Waals surface area contributed by atoms with Gasteiger partial charge in [-0.2, -0.15) is 0 Å². The zero-order valence-corrected chi connectivity index (χ0v) is 31.5. The number of methoxy groups -OCH3 is 1. The molecule has 2 aliphatic rings. The van der Waals surface area contributed by atoms with Crippen molar-refractivity contribution in [2.75, 3.05) is 29.7 Å². The normalized spacial score (nSPS) is 20.9. The van der Waals surface area contributed by atoms with Gasteiger partial charge in [-0.25, -0.2) is 0 Å². The van der Waals surface area contributed by atoms with Crippen molar-refractivity contribution < 1.29 is 24.2 Å². The zero-order valence-electron chi connectivity index (χ0n) is 30.5. The van der Waals surface area contributed by atoms with Crippen LogP contribution in [0.1, 0.15) is 40.5 Å². The van der Waals surface area contributed by atoms with Gasteiger partial charge in [-0.15, -0.1) is 5.10 Å². The van der Waals surface area contributed by atoms with Gasteiger partial charge < -0.3 is 30.5 Å². The monoisotopic (exact) mass is 730 g/mol. The van der Waals surface area contributed by atoms with Crippen LogP contribution >= 0.6 is 0 Å². The molecule has 4 N–H and O–H groups in total. The minimum atomic E-state index is -2.33. The third-order valence-electron chi connectivity index (χ3n) is 11.0. The Bertz CT molecular complexity index is 2100. The predicted octanol–water partition coefficient (Wildman–Crippen LogP) is 5.51. The lowest BCUT2D eigenvalue weighted by Crippen LogP contribution is -2.51. The molecule has 3 heterocycles. The Morgan fingerprint density at radius 2 is 1.79 bits per heavy atom. The van der Waals surface area contributed by atoms with E-state index in [2.05, 4.69) is 47.8 Å². The van der Waals surface area contributed by atoms with Crippen molar-refractivity contribution in [3.05, 3.63) is 126 Å². The molecule has 1 aromatic heterocycles. The van der Waals surface area contributed by atoms with Crippen LogP contribution in [-0.2, 0) is 34.6 Å². The van der Waals surface area contributed by atoms with E-state index in [1.807, 2.05) is 71.8 Å². The third-order valence-corrected chi connectivity index (χ3v) is 15.4. The van der Waals surface area contributed by atoms with Gasteiger partial charge in [0.1, 0.15) is 5.75 Å². The summed E-state index contributed by atoms with van der Waals surface area (Å²) in [5, 5.41) is 22.2. The second-order valence-electron chi connectivity index (χ2n) is 14.6. The molecule has 7 rings (SSSR count). The summed E-state index contributed by atoms with van der Waals surface area (Å²) in [5.41, 5.74) is 9.73. The molecule has 274 valence electrons. The van der Waals surface area contributed by atoms with Crippen molar-refractivity contribution in [2.24, 2.45) is 5.92 Å². The Labute approximate surface area is 310 Å². The number of hydrogen-bond donors (Lipinski definition) is 3. The van der Waals surface area contributed by atoms with Crippen molar-refractivity contribution in [2.45, 2.75) is 63.2 Å². The highest BCUT2D eigenvalue weighted by Gasteiger charge is 2.66. The Morgan fingerprint density at radius 3 is 2.53 bits per heavy atom. The van der Waals surface area contributed by atoms with E-state index in [1.54, 1.807) is 36.1 Å². The number of ether oxygens (including phenoxy) is 2. The molecule has 1 spiro atoms. The molecule has 0 unspecified atom stereocenters. The summed E-state index contributed by atoms with van der Waals surface area (Å²) in [6, 6.07) is 30.7. The van der Waals surface area contributed by atoms with Crippen molar-refractivity contribution in [1.82, 2.24) is 15.0 Å². The number of nitrogens with one attached hydrogen (secondary N) is 1. The Morgan fingerprint density at radius 1 is 1.04 bits per heavy atom. The van der Waals surface area contributed by atoms with Crippen LogP contribution in [0.2, 0.25) is 18.6 Å². The molecule has 1 fully saturated rings. The van der Waals surface area contributed by atoms with Crippen LogP contribution < -0.4 is 25.9 Å². The summed E-state index contributed by atoms with van der Waals surface area (Å²) < 4.78 is 14.5. The number of amides is 2. The van der Waals surface area contributed by atoms with E-state index in [4.69, 9.17) is 15.2 Å². The summed E-state index contributed by atoms with van der Waals surface area (Å²) in [6.07, 6.45) is 2.70. The van der Waals surface area contributed by atoms with E-state index in [-0.39, 0.29) is 36.0 Å². The number of anilines is 3. The quantitative estimate of drug-likeness (QED) is 0.113. The summed E-state index contributed by atoms with van der Waals surface area (Å²) in [7, 11) is -0.656. The standard InChI is InChI=1S/C41H46N6O5Si/c1-27-38(53(3,4)34-18-16-33(51-2)17-19-34)37(20-22-46-26-32(21-23-48)44-45-46)52-41(27)35-10-5-6-11-36(35)47(40(41)50)25-28-8-7-9-31(24-28)43-39(49)29-12-14-30(42)15-13-29/h5-19,24,26-27,37-38,48H,20-23,25,42H2,1-4H3,(H,43,49)/t27-,37+,38-,41+/m1/s1. The highest BCUT2D eigenvalue weighted by atomic mass is 28.3. The van der Waals surface area contributed by atoms with Gasteiger partial charge in [-0.3, -0.25) is 14.3 Å². The van der Waals surface area contributed by atoms with Crippen LogP contribution in [0.4, 0.5) is 17.1 Å². The molecular formula is C41H46N6O5Si. The molecule has 1 saturated heterocycles. The lowest BCUT2D eigenvalue weighted by atomic mass is 9.82. The molecule has 2 amide bonds. The third kappa shape index (κ3) is 6.73. The van der Waals surface area contributed by atoms with Crippen LogP contribution in [0.25, 0.3) is 0 Å². The molecule has 11 nitrogen and oxygen atoms in total. The van der Waals surface area contributed by atoms with E-state index >= 15 is 4.79 Å². The molecule has 12 heteroatoms. The first-order chi connectivity index (χ1) is 25.5. The number of nitrogens with two attached hydrogens (primary N) is 1. The Hall–Kier alpha value is -5.30. The molecule has 0 bridgehead atoms. The number of carbonyl (C=O) groups excluding carboxylic acids is 2. The first-order valence-electron chi connectivity index (χ1n) is 18.0. The fraction of sp³-hybridized carbons (Fsp3) is 0.317. The highest BCUT2D eigenvalue weighted by Crippen LogP contribution is 2.60. The Balaban J connectivity index is 1.21. The smallest absolute Gasteiger partial charge is 0.264 e. The van der Waals surface area contributed by atoms with E-state index in [0.717, 1.165) is 28.3 Å². The van der Waals surface area contributed by atoms with Crippen molar-refractivity contribution in [3.8, 4) is 5.75 Å². The highest BCUT2D eigenvalue weighted by molar-refractivity contribution is 6.91. The number of nitrogens with zero attached hydrogens (tertiary/aromatic N) is 4. The molecule has 5 aromatic rings. The molecule has 0 aliphatic carbocycles. The molecule has 53 heavy (non-hydrogen) atoms. The van der Waals surface area contributed by atoms with Gasteiger partial charge in [0, 0.05) is 54.2 Å². The number of rotatable bonds is 12. The number of fused-ring (bicyclic) bond motifs is 2. The van der Waals surface area contributed by atoms with E-state index in [9.17, 15) is 9.90 Å². The van der Waals surface area contributed by atoms with E-state index in [1.165, 1.54) is 5.19 Å². The SMILES string of the molecule is COc1ccc([Si](C)(C)[C@H]2[C@H](CCn3cc(CCO)nn3)O[C@@]3(C(=O)N(Cc4cccc(NC(=O)c5ccc(N)cc5)c4)c4ccccc43)[C@@H]2C)cc1. The van der Waals surface area contributed by atoms with Gasteiger partial charge in [-0.05, 0) is 72.1 Å². The Kier molecular flexibility index (Phi) is 9.94. The molecule has 2 aliphatic heterocycles. The van der Waals surface area contributed by atoms with Gasteiger partial charge in [-0.1, -0.05) is 72.9 Å². The fourth-order valence-electron chi connectivity index (χ4n) is 8.40. The largest absolute Gasteiger partial charge is 0.497 e. The zero-order chi connectivity index (χ0) is 37.3. The van der Waals surface area contributed by atoms with Crippen LogP contribution in [0.5, 0.6) is 5.75 Å². The number of aryl methyl sites for hydroxylation is 1. The van der Waals surface area contributed by atoms with Crippen molar-refractivity contribution >= 4 is 42.1 Å². The van der Waals surface area contributed by atoms with E-state index < -0.39 is 13.7 Å². The van der Waals surface area contributed by atoms with Gasteiger partial charge in [0.25, 0.3) is 11.8 Å². The number of nitrogen functional groups attached to an aromatic ring is 1. The number of benzene rings is 4. The van der Waals surface area contributed by atoms with Gasteiger partial charge in [0.05, 0.1) is 39.2 Å². The number of aliphatic hydroxyl groups excluding tert-OH is 1. The van der Waals surface area contributed by atoms with Crippen LogP contribution in [0.3, 0.4) is 0 Å². The topological polar surface area (TPSA) is 145 Å². The number of aromatic nitrogens is 3. The lowest BCUT2D eigenvalue weighted by Gasteiger charge is -2.37. The van der Waals surface area contributed by atoms with Crippen LogP contribution in [0, 0.1) is 5.92 Å². The predicted molar refractivity (Wildman–Crippen MR) is 208 cm³/mol. The van der Waals surface area contributed by atoms with Crippen molar-refractivity contribution in [1.29, 1.82) is 0 Å². The molecule has 4 aromatic carbocycles. The number of aliphatic hydroxyl groups is 1. The maximum absolute atomic E-state index is 15.1. The first-order valence-corrected chi connectivity index (χ1v) is 21.1. The van der Waals surface area contributed by atoms with Crippen molar-refractivity contribution in [3.63, 3.8) is 0 Å². The molecular weight excluding hydrogens is 685 g/mol. The second kappa shape index (κ2) is 14.6. The second-order valence-corrected chi connectivity index (χ2v) is 19.3. The lowest BCUT2D eigenvalue weighted by molar-refractivity contribution is -0.146. The molecule has 4 atom stereocenters. The minimum absolute atomic E-state index is 0.00869. The number of carbonyl (C=O) groups is 2. The average Bonchev–Trinajstić information content (AvgIpc) is 3.81. The van der Waals surface area contributed by atoms with E-state index in [0.29, 0.717) is 42.9 Å². The fourth-order valence-corrected chi connectivity index (χ4v) is 12.5.